The van der Waals surface area contributed by atoms with Gasteiger partial charge in [0.2, 0.25) is 0 Å². The summed E-state index contributed by atoms with van der Waals surface area (Å²) in [6.45, 7) is 5.37. The van der Waals surface area contributed by atoms with Gasteiger partial charge in [-0.15, -0.1) is 0 Å². The van der Waals surface area contributed by atoms with Gasteiger partial charge in [-0.1, -0.05) is 25.1 Å². The van der Waals surface area contributed by atoms with Crippen LogP contribution in [0.2, 0.25) is 0 Å². The van der Waals surface area contributed by atoms with E-state index in [4.69, 9.17) is 0 Å². The minimum absolute atomic E-state index is 0.340. The van der Waals surface area contributed by atoms with Crippen LogP contribution >= 0.6 is 11.8 Å². The van der Waals surface area contributed by atoms with Crippen molar-refractivity contribution < 1.29 is 5.11 Å². The van der Waals surface area contributed by atoms with Crippen LogP contribution in [0.5, 0.6) is 0 Å². The van der Waals surface area contributed by atoms with Crippen molar-refractivity contribution in [2.75, 3.05) is 23.0 Å². The molecule has 2 rings (SSSR count). The molecule has 1 aliphatic rings. The largest absolute Gasteiger partial charge is 0.388 e. The van der Waals surface area contributed by atoms with Crippen molar-refractivity contribution in [2.24, 2.45) is 0 Å². The second-order valence-electron chi connectivity index (χ2n) is 4.60. The molecule has 2 unspecified atom stereocenters. The zero-order chi connectivity index (χ0) is 12.3. The Hall–Kier alpha value is -0.670. The van der Waals surface area contributed by atoms with E-state index in [2.05, 4.69) is 30.0 Å². The molecule has 1 aliphatic heterocycles. The number of anilines is 1. The third kappa shape index (κ3) is 2.78. The van der Waals surface area contributed by atoms with E-state index < -0.39 is 0 Å². The molecule has 3 heteroatoms. The minimum atomic E-state index is -0.340. The smallest absolute Gasteiger partial charge is 0.0807 e. The number of hydrogen-bond acceptors (Lipinski definition) is 3. The van der Waals surface area contributed by atoms with E-state index in [0.29, 0.717) is 6.04 Å². The van der Waals surface area contributed by atoms with E-state index in [9.17, 15) is 5.11 Å². The number of para-hydroxylation sites is 1. The highest BCUT2D eigenvalue weighted by Gasteiger charge is 2.22. The third-order valence-corrected chi connectivity index (χ3v) is 4.55. The van der Waals surface area contributed by atoms with Gasteiger partial charge in [-0.25, -0.2) is 0 Å². The van der Waals surface area contributed by atoms with Crippen molar-refractivity contribution in [3.63, 3.8) is 0 Å². The monoisotopic (exact) mass is 251 g/mol. The first-order valence-electron chi connectivity index (χ1n) is 6.35. The summed E-state index contributed by atoms with van der Waals surface area (Å²) < 4.78 is 0. The number of benzene rings is 1. The van der Waals surface area contributed by atoms with Crippen molar-refractivity contribution in [3.8, 4) is 0 Å². The second kappa shape index (κ2) is 5.78. The van der Waals surface area contributed by atoms with Crippen molar-refractivity contribution in [1.29, 1.82) is 0 Å². The summed E-state index contributed by atoms with van der Waals surface area (Å²) in [4.78, 5) is 2.44. The third-order valence-electron chi connectivity index (χ3n) is 3.36. The van der Waals surface area contributed by atoms with Crippen LogP contribution in [0.1, 0.15) is 31.9 Å². The predicted octanol–water partition coefficient (Wildman–Crippen LogP) is 3.07. The predicted molar refractivity (Wildman–Crippen MR) is 75.8 cm³/mol. The highest BCUT2D eigenvalue weighted by molar-refractivity contribution is 7.99. The first kappa shape index (κ1) is 12.8. The molecular weight excluding hydrogens is 230 g/mol. The standard InChI is InChI=1S/C14H21NOS/c1-3-14(16)12-6-4-5-7-13(12)15-8-9-17-10-11(15)2/h4-7,11,14,16H,3,8-10H2,1-2H3. The Morgan fingerprint density at radius 3 is 2.94 bits per heavy atom. The first-order chi connectivity index (χ1) is 8.24. The average molecular weight is 251 g/mol. The second-order valence-corrected chi connectivity index (χ2v) is 5.75. The Labute approximate surface area is 108 Å². The fraction of sp³-hybridized carbons (Fsp3) is 0.571. The summed E-state index contributed by atoms with van der Waals surface area (Å²) in [5.74, 6) is 2.36. The van der Waals surface area contributed by atoms with Gasteiger partial charge < -0.3 is 10.0 Å². The van der Waals surface area contributed by atoms with Gasteiger partial charge in [0.15, 0.2) is 0 Å². The van der Waals surface area contributed by atoms with Crippen LogP contribution in [0.3, 0.4) is 0 Å². The zero-order valence-corrected chi connectivity index (χ0v) is 11.4. The number of aliphatic hydroxyl groups is 1. The van der Waals surface area contributed by atoms with Gasteiger partial charge >= 0.3 is 0 Å². The molecule has 0 bridgehead atoms. The van der Waals surface area contributed by atoms with Crippen LogP contribution < -0.4 is 4.90 Å². The maximum absolute atomic E-state index is 10.1. The molecule has 0 saturated carbocycles. The molecule has 1 N–H and O–H groups in total. The Morgan fingerprint density at radius 1 is 1.47 bits per heavy atom. The molecule has 0 amide bonds. The summed E-state index contributed by atoms with van der Waals surface area (Å²) >= 11 is 2.02. The van der Waals surface area contributed by atoms with Crippen LogP contribution in [0.25, 0.3) is 0 Å². The molecule has 94 valence electrons. The van der Waals surface area contributed by atoms with Crippen molar-refractivity contribution >= 4 is 17.4 Å². The normalized spacial score (nSPS) is 22.5. The fourth-order valence-corrected chi connectivity index (χ4v) is 3.35. The van der Waals surface area contributed by atoms with Crippen LogP contribution in [0.4, 0.5) is 5.69 Å². The maximum atomic E-state index is 10.1. The highest BCUT2D eigenvalue weighted by Crippen LogP contribution is 2.31. The SMILES string of the molecule is CCC(O)c1ccccc1N1CCSCC1C. The number of hydrogen-bond donors (Lipinski definition) is 1. The van der Waals surface area contributed by atoms with Crippen molar-refractivity contribution in [3.05, 3.63) is 29.8 Å². The number of thioether (sulfide) groups is 1. The van der Waals surface area contributed by atoms with Gasteiger partial charge in [-0.3, -0.25) is 0 Å². The molecule has 1 fully saturated rings. The molecule has 0 spiro atoms. The number of aliphatic hydroxyl groups excluding tert-OH is 1. The van der Waals surface area contributed by atoms with Crippen LogP contribution in [-0.4, -0.2) is 29.2 Å². The lowest BCUT2D eigenvalue weighted by atomic mass is 10.0. The number of rotatable bonds is 3. The molecule has 2 nitrogen and oxygen atoms in total. The molecule has 0 aromatic heterocycles. The lowest BCUT2D eigenvalue weighted by molar-refractivity contribution is 0.174. The minimum Gasteiger partial charge on any atom is -0.388 e. The van der Waals surface area contributed by atoms with Gasteiger partial charge in [0.05, 0.1) is 6.10 Å². The molecular formula is C14H21NOS. The van der Waals surface area contributed by atoms with E-state index in [1.807, 2.05) is 24.8 Å². The van der Waals surface area contributed by atoms with Crippen LogP contribution in [0, 0.1) is 0 Å². The number of nitrogens with zero attached hydrogens (tertiary/aromatic N) is 1. The lowest BCUT2D eigenvalue weighted by Crippen LogP contribution is -2.41. The fourth-order valence-electron chi connectivity index (χ4n) is 2.34. The molecule has 1 aromatic carbocycles. The Balaban J connectivity index is 2.30. The van der Waals surface area contributed by atoms with Crippen molar-refractivity contribution in [2.45, 2.75) is 32.4 Å². The molecule has 1 aromatic rings. The van der Waals surface area contributed by atoms with Crippen LogP contribution in [0.15, 0.2) is 24.3 Å². The molecule has 17 heavy (non-hydrogen) atoms. The summed E-state index contributed by atoms with van der Waals surface area (Å²) in [6.07, 6.45) is 0.432. The average Bonchev–Trinajstić information content (AvgIpc) is 2.38. The van der Waals surface area contributed by atoms with E-state index in [0.717, 1.165) is 18.5 Å². The summed E-state index contributed by atoms with van der Waals surface area (Å²) in [5, 5.41) is 10.1. The molecule has 0 aliphatic carbocycles. The van der Waals surface area contributed by atoms with E-state index in [1.54, 1.807) is 0 Å². The lowest BCUT2D eigenvalue weighted by Gasteiger charge is -2.36. The summed E-state index contributed by atoms with van der Waals surface area (Å²) in [6, 6.07) is 8.83. The molecule has 1 heterocycles. The van der Waals surface area contributed by atoms with Gasteiger partial charge in [-0.2, -0.15) is 11.8 Å². The van der Waals surface area contributed by atoms with Gasteiger partial charge in [0, 0.05) is 35.3 Å². The van der Waals surface area contributed by atoms with E-state index >= 15 is 0 Å². The van der Waals surface area contributed by atoms with Gasteiger partial charge in [-0.05, 0) is 19.4 Å². The summed E-state index contributed by atoms with van der Waals surface area (Å²) in [5.41, 5.74) is 2.29. The van der Waals surface area contributed by atoms with E-state index in [1.165, 1.54) is 17.2 Å². The highest BCUT2D eigenvalue weighted by atomic mass is 32.2. The van der Waals surface area contributed by atoms with Gasteiger partial charge in [0.25, 0.3) is 0 Å². The van der Waals surface area contributed by atoms with Gasteiger partial charge in [0.1, 0.15) is 0 Å². The van der Waals surface area contributed by atoms with Crippen LogP contribution in [-0.2, 0) is 0 Å². The summed E-state index contributed by atoms with van der Waals surface area (Å²) in [7, 11) is 0. The topological polar surface area (TPSA) is 23.5 Å². The Kier molecular flexibility index (Phi) is 4.35. The maximum Gasteiger partial charge on any atom is 0.0807 e. The van der Waals surface area contributed by atoms with Crippen molar-refractivity contribution in [1.82, 2.24) is 0 Å². The Bertz CT molecular complexity index is 369. The molecule has 2 atom stereocenters. The van der Waals surface area contributed by atoms with E-state index in [-0.39, 0.29) is 6.10 Å². The first-order valence-corrected chi connectivity index (χ1v) is 7.51. The zero-order valence-electron chi connectivity index (χ0n) is 10.6. The molecule has 1 saturated heterocycles. The Morgan fingerprint density at radius 2 is 2.24 bits per heavy atom. The quantitative estimate of drug-likeness (QED) is 0.893. The molecule has 0 radical (unpaired) electrons.